The zero-order valence-electron chi connectivity index (χ0n) is 12.5. The Bertz CT molecular complexity index is 761. The number of aliphatic hydroxyl groups is 1. The number of benzene rings is 2. The SMILES string of the molecule is CCn1nc(C)cc1CC(O)c1ccc2ccccc2c1. The summed E-state index contributed by atoms with van der Waals surface area (Å²) in [6.07, 6.45) is 0.0866. The van der Waals surface area contributed by atoms with E-state index in [9.17, 15) is 5.11 Å². The summed E-state index contributed by atoms with van der Waals surface area (Å²) in [5.41, 5.74) is 3.03. The van der Waals surface area contributed by atoms with Gasteiger partial charge in [-0.2, -0.15) is 5.10 Å². The predicted octanol–water partition coefficient (Wildman–Crippen LogP) is 3.64. The third kappa shape index (κ3) is 2.83. The van der Waals surface area contributed by atoms with E-state index in [4.69, 9.17) is 0 Å². The molecule has 1 N–H and O–H groups in total. The molecule has 0 saturated carbocycles. The van der Waals surface area contributed by atoms with Crippen LogP contribution in [-0.4, -0.2) is 14.9 Å². The molecule has 0 aliphatic rings. The fraction of sp³-hybridized carbons (Fsp3) is 0.278. The number of fused-ring (bicyclic) bond motifs is 1. The van der Waals surface area contributed by atoms with Crippen LogP contribution in [-0.2, 0) is 13.0 Å². The molecule has 3 nitrogen and oxygen atoms in total. The summed E-state index contributed by atoms with van der Waals surface area (Å²) in [7, 11) is 0. The van der Waals surface area contributed by atoms with E-state index in [2.05, 4.69) is 36.3 Å². The van der Waals surface area contributed by atoms with Gasteiger partial charge in [-0.15, -0.1) is 0 Å². The van der Waals surface area contributed by atoms with Crippen molar-refractivity contribution in [3.05, 3.63) is 65.5 Å². The molecule has 0 radical (unpaired) electrons. The van der Waals surface area contributed by atoms with Crippen LogP contribution in [0.2, 0.25) is 0 Å². The molecule has 0 bridgehead atoms. The van der Waals surface area contributed by atoms with E-state index in [0.717, 1.165) is 28.9 Å². The Morgan fingerprint density at radius 1 is 1.10 bits per heavy atom. The van der Waals surface area contributed by atoms with Gasteiger partial charge in [0.25, 0.3) is 0 Å². The lowest BCUT2D eigenvalue weighted by Gasteiger charge is -2.13. The third-order valence-corrected chi connectivity index (χ3v) is 3.85. The quantitative estimate of drug-likeness (QED) is 0.792. The van der Waals surface area contributed by atoms with Crippen LogP contribution in [0, 0.1) is 6.92 Å². The molecule has 3 heteroatoms. The van der Waals surface area contributed by atoms with Crippen molar-refractivity contribution < 1.29 is 5.11 Å². The van der Waals surface area contributed by atoms with Gasteiger partial charge in [-0.05, 0) is 42.3 Å². The number of aryl methyl sites for hydroxylation is 2. The highest BCUT2D eigenvalue weighted by Crippen LogP contribution is 2.23. The second kappa shape index (κ2) is 5.70. The summed E-state index contributed by atoms with van der Waals surface area (Å²) < 4.78 is 1.96. The van der Waals surface area contributed by atoms with E-state index in [1.807, 2.05) is 35.9 Å². The first-order valence-electron chi connectivity index (χ1n) is 7.37. The van der Waals surface area contributed by atoms with Crippen LogP contribution in [0.15, 0.2) is 48.5 Å². The number of aromatic nitrogens is 2. The molecule has 3 rings (SSSR count). The molecule has 0 saturated heterocycles. The van der Waals surface area contributed by atoms with Crippen molar-refractivity contribution in [1.29, 1.82) is 0 Å². The zero-order chi connectivity index (χ0) is 14.8. The topological polar surface area (TPSA) is 38.0 Å². The van der Waals surface area contributed by atoms with Crippen molar-refractivity contribution >= 4 is 10.8 Å². The van der Waals surface area contributed by atoms with Crippen molar-refractivity contribution in [1.82, 2.24) is 9.78 Å². The van der Waals surface area contributed by atoms with Gasteiger partial charge in [-0.3, -0.25) is 4.68 Å². The predicted molar refractivity (Wildman–Crippen MR) is 85.2 cm³/mol. The van der Waals surface area contributed by atoms with Gasteiger partial charge in [0.2, 0.25) is 0 Å². The molecular weight excluding hydrogens is 260 g/mol. The van der Waals surface area contributed by atoms with Crippen molar-refractivity contribution in [2.45, 2.75) is 32.9 Å². The number of hydrogen-bond acceptors (Lipinski definition) is 2. The van der Waals surface area contributed by atoms with Gasteiger partial charge in [0.15, 0.2) is 0 Å². The molecule has 0 aliphatic heterocycles. The van der Waals surface area contributed by atoms with Crippen LogP contribution < -0.4 is 0 Å². The molecule has 1 unspecified atom stereocenters. The smallest absolute Gasteiger partial charge is 0.0845 e. The van der Waals surface area contributed by atoms with Crippen LogP contribution >= 0.6 is 0 Å². The third-order valence-electron chi connectivity index (χ3n) is 3.85. The second-order valence-electron chi connectivity index (χ2n) is 5.42. The van der Waals surface area contributed by atoms with E-state index in [-0.39, 0.29) is 0 Å². The average Bonchev–Trinajstić information content (AvgIpc) is 2.86. The van der Waals surface area contributed by atoms with Crippen LogP contribution in [0.5, 0.6) is 0 Å². The van der Waals surface area contributed by atoms with E-state index in [0.29, 0.717) is 6.42 Å². The minimum absolute atomic E-state index is 0.504. The summed E-state index contributed by atoms with van der Waals surface area (Å²) in [5.74, 6) is 0. The molecule has 1 atom stereocenters. The van der Waals surface area contributed by atoms with Crippen LogP contribution in [0.3, 0.4) is 0 Å². The number of aliphatic hydroxyl groups excluding tert-OH is 1. The highest BCUT2D eigenvalue weighted by Gasteiger charge is 2.13. The largest absolute Gasteiger partial charge is 0.388 e. The van der Waals surface area contributed by atoms with Gasteiger partial charge in [0.1, 0.15) is 0 Å². The van der Waals surface area contributed by atoms with Crippen LogP contribution in [0.25, 0.3) is 10.8 Å². The van der Waals surface area contributed by atoms with E-state index in [1.165, 1.54) is 5.39 Å². The molecule has 21 heavy (non-hydrogen) atoms. The van der Waals surface area contributed by atoms with Gasteiger partial charge in [0.05, 0.1) is 11.8 Å². The second-order valence-corrected chi connectivity index (χ2v) is 5.42. The Labute approximate surface area is 124 Å². The van der Waals surface area contributed by atoms with Crippen molar-refractivity contribution in [2.24, 2.45) is 0 Å². The van der Waals surface area contributed by atoms with Crippen molar-refractivity contribution in [3.8, 4) is 0 Å². The minimum Gasteiger partial charge on any atom is -0.388 e. The number of nitrogens with zero attached hydrogens (tertiary/aromatic N) is 2. The molecule has 1 heterocycles. The Kier molecular flexibility index (Phi) is 3.76. The Morgan fingerprint density at radius 2 is 1.86 bits per heavy atom. The summed E-state index contributed by atoms with van der Waals surface area (Å²) in [6, 6.07) is 16.4. The molecule has 0 spiro atoms. The summed E-state index contributed by atoms with van der Waals surface area (Å²) in [5, 5.41) is 17.3. The maximum absolute atomic E-state index is 10.5. The number of hydrogen-bond donors (Lipinski definition) is 1. The fourth-order valence-corrected chi connectivity index (χ4v) is 2.77. The van der Waals surface area contributed by atoms with E-state index >= 15 is 0 Å². The van der Waals surface area contributed by atoms with Gasteiger partial charge < -0.3 is 5.11 Å². The summed E-state index contributed by atoms with van der Waals surface area (Å²) >= 11 is 0. The van der Waals surface area contributed by atoms with Crippen molar-refractivity contribution in [2.75, 3.05) is 0 Å². The Balaban J connectivity index is 1.87. The molecule has 2 aromatic carbocycles. The fourth-order valence-electron chi connectivity index (χ4n) is 2.77. The maximum atomic E-state index is 10.5. The molecule has 0 aliphatic carbocycles. The Morgan fingerprint density at radius 3 is 2.62 bits per heavy atom. The highest BCUT2D eigenvalue weighted by atomic mass is 16.3. The monoisotopic (exact) mass is 280 g/mol. The molecule has 1 aromatic heterocycles. The van der Waals surface area contributed by atoms with E-state index in [1.54, 1.807) is 0 Å². The van der Waals surface area contributed by atoms with Gasteiger partial charge in [-0.1, -0.05) is 36.4 Å². The summed E-state index contributed by atoms with van der Waals surface area (Å²) in [4.78, 5) is 0. The van der Waals surface area contributed by atoms with Gasteiger partial charge >= 0.3 is 0 Å². The lowest BCUT2D eigenvalue weighted by molar-refractivity contribution is 0.175. The van der Waals surface area contributed by atoms with Crippen molar-refractivity contribution in [3.63, 3.8) is 0 Å². The van der Waals surface area contributed by atoms with Gasteiger partial charge in [-0.25, -0.2) is 0 Å². The lowest BCUT2D eigenvalue weighted by atomic mass is 10.0. The molecule has 108 valence electrons. The standard InChI is InChI=1S/C18H20N2O/c1-3-20-17(10-13(2)19-20)12-18(21)16-9-8-14-6-4-5-7-15(14)11-16/h4-11,18,21H,3,12H2,1-2H3. The lowest BCUT2D eigenvalue weighted by Crippen LogP contribution is -2.08. The molecule has 3 aromatic rings. The Hall–Kier alpha value is -2.13. The highest BCUT2D eigenvalue weighted by molar-refractivity contribution is 5.83. The maximum Gasteiger partial charge on any atom is 0.0845 e. The first kappa shape index (κ1) is 13.8. The number of rotatable bonds is 4. The normalized spacial score (nSPS) is 12.7. The minimum atomic E-state index is -0.504. The van der Waals surface area contributed by atoms with Gasteiger partial charge in [0, 0.05) is 18.7 Å². The first-order valence-corrected chi connectivity index (χ1v) is 7.37. The molecule has 0 fully saturated rings. The first-order chi connectivity index (χ1) is 10.2. The summed E-state index contributed by atoms with van der Waals surface area (Å²) in [6.45, 7) is 4.88. The van der Waals surface area contributed by atoms with Crippen LogP contribution in [0.1, 0.15) is 30.0 Å². The zero-order valence-corrected chi connectivity index (χ0v) is 12.5. The van der Waals surface area contributed by atoms with Crippen LogP contribution in [0.4, 0.5) is 0 Å². The van der Waals surface area contributed by atoms with E-state index < -0.39 is 6.10 Å². The average molecular weight is 280 g/mol. The molecular formula is C18H20N2O. The molecule has 0 amide bonds.